The summed E-state index contributed by atoms with van der Waals surface area (Å²) in [5.41, 5.74) is 7.48. The maximum atomic E-state index is 6.19. The van der Waals surface area contributed by atoms with Crippen molar-refractivity contribution in [2.24, 2.45) is 5.73 Å². The molecule has 19 heavy (non-hydrogen) atoms. The largest absolute Gasteiger partial charge is 0.465 e. The Kier molecular flexibility index (Phi) is 4.77. The number of aryl methyl sites for hydroxylation is 1. The third-order valence-corrected chi connectivity index (χ3v) is 3.11. The predicted molar refractivity (Wildman–Crippen MR) is 77.9 cm³/mol. The van der Waals surface area contributed by atoms with Crippen molar-refractivity contribution in [2.75, 3.05) is 13.6 Å². The molecule has 0 saturated carbocycles. The van der Waals surface area contributed by atoms with E-state index in [4.69, 9.17) is 10.2 Å². The predicted octanol–water partition coefficient (Wildman–Crippen LogP) is 2.59. The third kappa shape index (κ3) is 4.54. The maximum absolute atomic E-state index is 6.19. The minimum absolute atomic E-state index is 0.142. The Bertz CT molecular complexity index is 492. The summed E-state index contributed by atoms with van der Waals surface area (Å²) in [5, 5.41) is 0. The van der Waals surface area contributed by atoms with E-state index in [1.807, 2.05) is 25.1 Å². The van der Waals surface area contributed by atoms with Crippen LogP contribution in [-0.4, -0.2) is 24.5 Å². The highest BCUT2D eigenvalue weighted by atomic mass is 16.3. The molecule has 0 bridgehead atoms. The lowest BCUT2D eigenvalue weighted by molar-refractivity contribution is 0.274. The highest BCUT2D eigenvalue weighted by Gasteiger charge is 2.09. The van der Waals surface area contributed by atoms with Crippen molar-refractivity contribution in [3.63, 3.8) is 0 Å². The summed E-state index contributed by atoms with van der Waals surface area (Å²) in [6.45, 7) is 3.62. The Hall–Kier alpha value is -1.58. The zero-order valence-electron chi connectivity index (χ0n) is 11.7. The fourth-order valence-electron chi connectivity index (χ4n) is 2.28. The lowest BCUT2D eigenvalue weighted by Crippen LogP contribution is -2.36. The third-order valence-electron chi connectivity index (χ3n) is 3.11. The van der Waals surface area contributed by atoms with Gasteiger partial charge >= 0.3 is 0 Å². The first-order valence-corrected chi connectivity index (χ1v) is 6.67. The Morgan fingerprint density at radius 2 is 1.89 bits per heavy atom. The smallest absolute Gasteiger partial charge is 0.118 e. The number of rotatable bonds is 6. The van der Waals surface area contributed by atoms with Crippen LogP contribution in [0.25, 0.3) is 0 Å². The van der Waals surface area contributed by atoms with Crippen LogP contribution >= 0.6 is 0 Å². The van der Waals surface area contributed by atoms with Crippen LogP contribution in [0.15, 0.2) is 46.9 Å². The average Bonchev–Trinajstić information content (AvgIpc) is 2.75. The van der Waals surface area contributed by atoms with Gasteiger partial charge in [-0.05, 0) is 38.1 Å². The Morgan fingerprint density at radius 3 is 2.53 bits per heavy atom. The van der Waals surface area contributed by atoms with Gasteiger partial charge in [0.2, 0.25) is 0 Å². The number of hydrogen-bond acceptors (Lipinski definition) is 3. The number of furan rings is 1. The molecule has 1 heterocycles. The molecular formula is C16H22N2O. The molecule has 0 radical (unpaired) electrons. The van der Waals surface area contributed by atoms with Gasteiger partial charge in [0.15, 0.2) is 0 Å². The number of nitrogens with zero attached hydrogens (tertiary/aromatic N) is 1. The zero-order valence-corrected chi connectivity index (χ0v) is 11.7. The van der Waals surface area contributed by atoms with Crippen molar-refractivity contribution in [2.45, 2.75) is 25.9 Å². The summed E-state index contributed by atoms with van der Waals surface area (Å²) in [7, 11) is 2.07. The standard InChI is InChI=1S/C16H22N2O/c1-13-8-9-16(19-13)12-18(2)11-15(17)10-14-6-4-3-5-7-14/h3-9,15H,10-12,17H2,1-2H3. The van der Waals surface area contributed by atoms with Gasteiger partial charge < -0.3 is 10.2 Å². The molecule has 2 rings (SSSR count). The van der Waals surface area contributed by atoms with Gasteiger partial charge in [-0.25, -0.2) is 0 Å². The molecule has 3 nitrogen and oxygen atoms in total. The van der Waals surface area contributed by atoms with Crippen molar-refractivity contribution < 1.29 is 4.42 Å². The Labute approximate surface area is 115 Å². The molecule has 1 aromatic carbocycles. The Balaban J connectivity index is 1.80. The molecule has 2 N–H and O–H groups in total. The van der Waals surface area contributed by atoms with Crippen LogP contribution < -0.4 is 5.73 Å². The molecule has 3 heteroatoms. The summed E-state index contributed by atoms with van der Waals surface area (Å²) < 4.78 is 5.57. The van der Waals surface area contributed by atoms with E-state index in [0.717, 1.165) is 31.0 Å². The van der Waals surface area contributed by atoms with Gasteiger partial charge in [0.25, 0.3) is 0 Å². The molecule has 102 valence electrons. The van der Waals surface area contributed by atoms with Crippen LogP contribution in [0.5, 0.6) is 0 Å². The fraction of sp³-hybridized carbons (Fsp3) is 0.375. The summed E-state index contributed by atoms with van der Waals surface area (Å²) in [4.78, 5) is 2.20. The summed E-state index contributed by atoms with van der Waals surface area (Å²) in [6.07, 6.45) is 0.905. The molecule has 1 aromatic heterocycles. The van der Waals surface area contributed by atoms with E-state index in [1.54, 1.807) is 0 Å². The van der Waals surface area contributed by atoms with Gasteiger partial charge in [-0.2, -0.15) is 0 Å². The highest BCUT2D eigenvalue weighted by molar-refractivity contribution is 5.15. The molecule has 0 spiro atoms. The number of likely N-dealkylation sites (N-methyl/N-ethyl adjacent to an activating group) is 1. The zero-order chi connectivity index (χ0) is 13.7. The van der Waals surface area contributed by atoms with Gasteiger partial charge in [-0.3, -0.25) is 4.90 Å². The van der Waals surface area contributed by atoms with Gasteiger partial charge in [0, 0.05) is 12.6 Å². The fourth-order valence-corrected chi connectivity index (χ4v) is 2.28. The monoisotopic (exact) mass is 258 g/mol. The average molecular weight is 258 g/mol. The topological polar surface area (TPSA) is 42.4 Å². The van der Waals surface area contributed by atoms with Crippen molar-refractivity contribution >= 4 is 0 Å². The SMILES string of the molecule is Cc1ccc(CN(C)CC(N)Cc2ccccc2)o1. The molecule has 1 atom stereocenters. The van der Waals surface area contributed by atoms with Crippen LogP contribution in [0.2, 0.25) is 0 Å². The number of hydrogen-bond donors (Lipinski definition) is 1. The van der Waals surface area contributed by atoms with Gasteiger partial charge in [-0.15, -0.1) is 0 Å². The van der Waals surface area contributed by atoms with Crippen molar-refractivity contribution in [1.82, 2.24) is 4.90 Å². The lowest BCUT2D eigenvalue weighted by Gasteiger charge is -2.20. The first-order chi connectivity index (χ1) is 9.13. The summed E-state index contributed by atoms with van der Waals surface area (Å²) in [5.74, 6) is 1.95. The van der Waals surface area contributed by atoms with Gasteiger partial charge in [0.05, 0.1) is 6.54 Å². The van der Waals surface area contributed by atoms with E-state index in [2.05, 4.69) is 36.2 Å². The molecule has 0 amide bonds. The van der Waals surface area contributed by atoms with E-state index in [0.29, 0.717) is 0 Å². The molecule has 1 unspecified atom stereocenters. The first kappa shape index (κ1) is 13.8. The molecule has 0 aliphatic rings. The van der Waals surface area contributed by atoms with Crippen LogP contribution in [0.4, 0.5) is 0 Å². The van der Waals surface area contributed by atoms with Gasteiger partial charge in [0.1, 0.15) is 11.5 Å². The molecule has 0 aliphatic heterocycles. The highest BCUT2D eigenvalue weighted by Crippen LogP contribution is 2.09. The van der Waals surface area contributed by atoms with Crippen LogP contribution in [0, 0.1) is 6.92 Å². The quantitative estimate of drug-likeness (QED) is 0.866. The van der Waals surface area contributed by atoms with Crippen molar-refractivity contribution in [3.05, 3.63) is 59.5 Å². The number of nitrogens with two attached hydrogens (primary N) is 1. The lowest BCUT2D eigenvalue weighted by atomic mass is 10.1. The molecule has 0 fully saturated rings. The van der Waals surface area contributed by atoms with Crippen molar-refractivity contribution in [1.29, 1.82) is 0 Å². The maximum Gasteiger partial charge on any atom is 0.118 e. The minimum Gasteiger partial charge on any atom is -0.465 e. The van der Waals surface area contributed by atoms with E-state index < -0.39 is 0 Å². The Morgan fingerprint density at radius 1 is 1.16 bits per heavy atom. The van der Waals surface area contributed by atoms with E-state index in [1.165, 1.54) is 5.56 Å². The second-order valence-electron chi connectivity index (χ2n) is 5.16. The minimum atomic E-state index is 0.142. The summed E-state index contributed by atoms with van der Waals surface area (Å²) >= 11 is 0. The van der Waals surface area contributed by atoms with E-state index >= 15 is 0 Å². The van der Waals surface area contributed by atoms with E-state index in [9.17, 15) is 0 Å². The van der Waals surface area contributed by atoms with Crippen LogP contribution in [-0.2, 0) is 13.0 Å². The second-order valence-corrected chi connectivity index (χ2v) is 5.16. The number of benzene rings is 1. The summed E-state index contributed by atoms with van der Waals surface area (Å²) in [6, 6.07) is 14.5. The molecular weight excluding hydrogens is 236 g/mol. The van der Waals surface area contributed by atoms with Crippen LogP contribution in [0.1, 0.15) is 17.1 Å². The normalized spacial score (nSPS) is 12.8. The van der Waals surface area contributed by atoms with Gasteiger partial charge in [-0.1, -0.05) is 30.3 Å². The molecule has 0 aliphatic carbocycles. The second kappa shape index (κ2) is 6.55. The van der Waals surface area contributed by atoms with Crippen molar-refractivity contribution in [3.8, 4) is 0 Å². The molecule has 2 aromatic rings. The van der Waals surface area contributed by atoms with Crippen LogP contribution in [0.3, 0.4) is 0 Å². The van der Waals surface area contributed by atoms with E-state index in [-0.39, 0.29) is 6.04 Å². The first-order valence-electron chi connectivity index (χ1n) is 6.67. The molecule has 0 saturated heterocycles.